The Morgan fingerprint density at radius 1 is 0.524 bits per heavy atom. The van der Waals surface area contributed by atoms with Gasteiger partial charge in [-0.25, -0.2) is 4.98 Å². The second-order valence-electron chi connectivity index (χ2n) is 21.8. The molecule has 0 aliphatic heterocycles. The molecule has 0 atom stereocenters. The van der Waals surface area contributed by atoms with Crippen molar-refractivity contribution in [2.24, 2.45) is 0 Å². The fraction of sp³-hybridized carbons (Fsp3) is 0.132. The molecular formula is C76H62N4OPt-2. The summed E-state index contributed by atoms with van der Waals surface area (Å²) >= 11 is 0. The van der Waals surface area contributed by atoms with Crippen molar-refractivity contribution in [2.45, 2.75) is 66.1 Å². The molecule has 404 valence electrons. The molecule has 6 heteroatoms. The van der Waals surface area contributed by atoms with Crippen molar-refractivity contribution in [3.8, 4) is 84.3 Å². The van der Waals surface area contributed by atoms with Crippen LogP contribution in [0.3, 0.4) is 0 Å². The summed E-state index contributed by atoms with van der Waals surface area (Å²) in [5, 5.41) is 1.86. The number of benzene rings is 10. The second kappa shape index (κ2) is 21.5. The molecule has 0 aliphatic rings. The van der Waals surface area contributed by atoms with Crippen LogP contribution in [0, 0.1) is 32.2 Å². The molecule has 0 aliphatic carbocycles. The van der Waals surface area contributed by atoms with Gasteiger partial charge in [0.1, 0.15) is 5.82 Å². The normalized spacial score (nSPS) is 15.4. The van der Waals surface area contributed by atoms with Crippen LogP contribution < -0.4 is 9.30 Å². The maximum atomic E-state index is 10.4. The van der Waals surface area contributed by atoms with Crippen molar-refractivity contribution in [1.29, 1.82) is 0 Å². The van der Waals surface area contributed by atoms with E-state index in [4.69, 9.17) is 26.2 Å². The predicted octanol–water partition coefficient (Wildman–Crippen LogP) is 19.1. The zero-order valence-electron chi connectivity index (χ0n) is 64.4. The molecule has 0 spiro atoms. The quantitative estimate of drug-likeness (QED) is 0.101. The summed E-state index contributed by atoms with van der Waals surface area (Å²) in [6.45, 7) is 6.90. The van der Waals surface area contributed by atoms with E-state index in [2.05, 4.69) is 45.3 Å². The fourth-order valence-corrected chi connectivity index (χ4v) is 10.4. The van der Waals surface area contributed by atoms with Crippen molar-refractivity contribution >= 4 is 32.8 Å². The third-order valence-corrected chi connectivity index (χ3v) is 14.4. The number of pyridine rings is 1. The number of imidazole rings is 1. The Morgan fingerprint density at radius 3 is 1.87 bits per heavy atom. The van der Waals surface area contributed by atoms with Crippen molar-refractivity contribution in [3.63, 3.8) is 0 Å². The van der Waals surface area contributed by atoms with Gasteiger partial charge in [0.25, 0.3) is 6.33 Å². The van der Waals surface area contributed by atoms with Gasteiger partial charge in [0.2, 0.25) is 0 Å². The minimum absolute atomic E-state index is 0. The molecule has 0 radical (unpaired) electrons. The first-order valence-corrected chi connectivity index (χ1v) is 26.4. The zero-order chi connectivity index (χ0) is 71.9. The molecule has 0 amide bonds. The van der Waals surface area contributed by atoms with Crippen LogP contribution in [-0.4, -0.2) is 14.1 Å². The van der Waals surface area contributed by atoms with Crippen LogP contribution in [-0.2, 0) is 31.9 Å². The minimum atomic E-state index is -2.81. The van der Waals surface area contributed by atoms with Crippen LogP contribution >= 0.6 is 0 Å². The van der Waals surface area contributed by atoms with Crippen molar-refractivity contribution in [2.75, 3.05) is 0 Å². The number of ether oxygens (including phenoxy) is 1. The van der Waals surface area contributed by atoms with Crippen LogP contribution in [0.15, 0.2) is 230 Å². The SMILES string of the molecule is [2H]c1c([2H])c([2H])c(-c2c([2H])c(-c3cccc(-c4cccc(C(C)(C)C)c4)c3-[n+]3[c-]n(-c4[c-]c(Oc5[c-]c6c(cc5)c5ccccc5n6-c5cc(C(C)(C)C)ccn5)ccc4)c4cc(-c5c(C([2H])([2H])[2H])cccc5C([2H])([2H])[2H])ccc43)c([2H])c(-c3c([2H])c([2H])c([2H])c([2H])c3[2H])c2[2H])c([2H])c1[2H].[Pt]. The number of fused-ring (bicyclic) bond motifs is 4. The summed E-state index contributed by atoms with van der Waals surface area (Å²) in [5.41, 5.74) is 1.83. The van der Waals surface area contributed by atoms with E-state index in [0.717, 1.165) is 27.4 Å². The van der Waals surface area contributed by atoms with Gasteiger partial charge in [0.15, 0.2) is 0 Å². The summed E-state index contributed by atoms with van der Waals surface area (Å²) in [5.74, 6) is 1.19. The third-order valence-electron chi connectivity index (χ3n) is 14.4. The Bertz CT molecular complexity index is 5400. The van der Waals surface area contributed by atoms with E-state index in [9.17, 15) is 9.60 Å². The zero-order valence-corrected chi connectivity index (χ0v) is 47.7. The summed E-state index contributed by atoms with van der Waals surface area (Å²) in [4.78, 5) is 4.84. The topological polar surface area (TPSA) is 35.9 Å². The second-order valence-corrected chi connectivity index (χ2v) is 21.8. The number of hydrogen-bond donors (Lipinski definition) is 0. The average molecular weight is 1260 g/mol. The van der Waals surface area contributed by atoms with Gasteiger partial charge in [-0.3, -0.25) is 4.57 Å². The van der Waals surface area contributed by atoms with Crippen LogP contribution in [0.2, 0.25) is 0 Å². The summed E-state index contributed by atoms with van der Waals surface area (Å²) in [7, 11) is 0. The van der Waals surface area contributed by atoms with Gasteiger partial charge < -0.3 is 13.9 Å². The number of aryl methyl sites for hydroxylation is 2. The molecule has 0 saturated heterocycles. The molecule has 0 N–H and O–H groups in total. The average Bonchev–Trinajstić information content (AvgIpc) is 1.40. The molecule has 82 heavy (non-hydrogen) atoms. The van der Waals surface area contributed by atoms with Crippen LogP contribution in [0.1, 0.15) is 89.8 Å². The molecule has 0 fully saturated rings. The molecule has 10 aromatic carbocycles. The number of hydrogen-bond acceptors (Lipinski definition) is 2. The Kier molecular flexibility index (Phi) is 9.39. The van der Waals surface area contributed by atoms with E-state index < -0.39 is 120 Å². The van der Waals surface area contributed by atoms with Gasteiger partial charge in [-0.15, -0.1) is 29.7 Å². The number of nitrogens with zero attached hydrogens (tertiary/aromatic N) is 4. The maximum absolute atomic E-state index is 10.4. The van der Waals surface area contributed by atoms with Crippen LogP contribution in [0.5, 0.6) is 11.5 Å². The van der Waals surface area contributed by atoms with E-state index in [-0.39, 0.29) is 82.5 Å². The van der Waals surface area contributed by atoms with Gasteiger partial charge in [-0.1, -0.05) is 198 Å². The van der Waals surface area contributed by atoms with Gasteiger partial charge >= 0.3 is 0 Å². The first-order valence-electron chi connectivity index (χ1n) is 35.9. The standard InChI is InChI=1S/C76H62N4O.Pt/c1-50-21-17-22-51(2)73(50)55-35-38-69-71(45-55)78(61-29-19-30-62(47-61)81-63-36-37-67-66-31-15-16-34-68(66)80(70(67)48-63)72-46-60(39-40-77-72)76(6,7)8)49-79(69)74-64(54-27-18-28-59(44-54)75(3,4)5)32-20-33-65(74)58-42-56(52-23-11-9-12-24-52)41-57(43-58)53-25-13-10-14-26-53;/h9-46H,1-8H3;/q-2;/i1D3,2D3,9D,10D,11D,12D,13D,14D,23D,24D,25D,26D,41D,42D,43D;. The fourth-order valence-electron chi connectivity index (χ4n) is 10.4. The van der Waals surface area contributed by atoms with Crippen LogP contribution in [0.4, 0.5) is 0 Å². The summed E-state index contributed by atoms with van der Waals surface area (Å²) < 4.78 is 184. The molecule has 13 aromatic rings. The van der Waals surface area contributed by atoms with Crippen molar-refractivity contribution in [1.82, 2.24) is 14.1 Å². The van der Waals surface area contributed by atoms with Crippen molar-refractivity contribution < 1.29 is 56.4 Å². The van der Waals surface area contributed by atoms with Crippen LogP contribution in [0.25, 0.3) is 106 Å². The summed E-state index contributed by atoms with van der Waals surface area (Å²) in [6, 6.07) is 39.2. The molecule has 0 unspecified atom stereocenters. The van der Waals surface area contributed by atoms with E-state index in [0.29, 0.717) is 33.7 Å². The van der Waals surface area contributed by atoms with Crippen molar-refractivity contribution in [3.05, 3.63) is 271 Å². The molecule has 3 heterocycles. The molecular weight excluding hydrogens is 1180 g/mol. The van der Waals surface area contributed by atoms with Gasteiger partial charge in [-0.05, 0) is 156 Å². The largest absolute Gasteiger partial charge is 0.510 e. The van der Waals surface area contributed by atoms with E-state index >= 15 is 0 Å². The Hall–Kier alpha value is -8.89. The number of rotatable bonds is 10. The smallest absolute Gasteiger partial charge is 0.268 e. The first kappa shape index (κ1) is 35.8. The van der Waals surface area contributed by atoms with E-state index in [1.165, 1.54) is 18.2 Å². The molecule has 5 nitrogen and oxygen atoms in total. The molecule has 13 rings (SSSR count). The number of para-hydroxylation sites is 2. The number of aromatic nitrogens is 4. The summed E-state index contributed by atoms with van der Waals surface area (Å²) in [6.07, 6.45) is 5.32. The van der Waals surface area contributed by atoms with E-state index in [1.54, 1.807) is 76.0 Å². The maximum Gasteiger partial charge on any atom is 0.268 e. The molecule has 3 aromatic heterocycles. The third kappa shape index (κ3) is 10.1. The Balaban J connectivity index is 0.00000965. The monoisotopic (exact) mass is 1260 g/mol. The van der Waals surface area contributed by atoms with Gasteiger partial charge in [0.05, 0.1) is 34.5 Å². The Morgan fingerprint density at radius 2 is 1.16 bits per heavy atom. The predicted molar refractivity (Wildman–Crippen MR) is 334 cm³/mol. The first-order chi connectivity index (χ1) is 47.1. The molecule has 0 saturated carbocycles. The minimum Gasteiger partial charge on any atom is -0.510 e. The molecule has 0 bridgehead atoms. The van der Waals surface area contributed by atoms with Gasteiger partial charge in [-0.2, -0.15) is 18.2 Å². The van der Waals surface area contributed by atoms with Gasteiger partial charge in [0, 0.05) is 52.5 Å². The Labute approximate surface area is 522 Å². The van der Waals surface area contributed by atoms with E-state index in [1.807, 2.05) is 86.0 Å².